The number of benzene rings is 1. The molecule has 5 nitrogen and oxygen atoms in total. The second-order valence-electron chi connectivity index (χ2n) is 4.63. The van der Waals surface area contributed by atoms with Crippen molar-refractivity contribution >= 4 is 11.8 Å². The Labute approximate surface area is 128 Å². The first-order valence-electron chi connectivity index (χ1n) is 6.91. The van der Waals surface area contributed by atoms with E-state index >= 15 is 0 Å². The van der Waals surface area contributed by atoms with Gasteiger partial charge in [-0.25, -0.2) is 9.18 Å². The number of anilines is 1. The van der Waals surface area contributed by atoms with Crippen LogP contribution in [0.2, 0.25) is 0 Å². The molecule has 0 spiro atoms. The number of aromatic nitrogens is 1. The molecule has 0 bridgehead atoms. The van der Waals surface area contributed by atoms with Crippen molar-refractivity contribution in [1.29, 1.82) is 0 Å². The van der Waals surface area contributed by atoms with Crippen molar-refractivity contribution in [3.8, 4) is 11.3 Å². The van der Waals surface area contributed by atoms with Gasteiger partial charge < -0.3 is 10.5 Å². The van der Waals surface area contributed by atoms with Gasteiger partial charge in [0.05, 0.1) is 12.8 Å². The molecular formula is C16H18FN3O2. The highest BCUT2D eigenvalue weighted by molar-refractivity contribution is 5.87. The van der Waals surface area contributed by atoms with Crippen LogP contribution in [0.5, 0.6) is 0 Å². The highest BCUT2D eigenvalue weighted by atomic mass is 19.1. The van der Waals surface area contributed by atoms with Gasteiger partial charge >= 0.3 is 6.09 Å². The summed E-state index contributed by atoms with van der Waals surface area (Å²) in [5.41, 5.74) is 7.72. The number of hydrogen-bond donors (Lipinski definition) is 1. The minimum Gasteiger partial charge on any atom is -0.452 e. The molecular weight excluding hydrogens is 285 g/mol. The van der Waals surface area contributed by atoms with Gasteiger partial charge in [0, 0.05) is 30.5 Å². The van der Waals surface area contributed by atoms with E-state index in [2.05, 4.69) is 9.72 Å². The zero-order valence-electron chi connectivity index (χ0n) is 12.5. The number of pyridine rings is 1. The van der Waals surface area contributed by atoms with Gasteiger partial charge in [-0.15, -0.1) is 0 Å². The number of nitrogens with zero attached hydrogens (tertiary/aromatic N) is 2. The third kappa shape index (κ3) is 3.23. The topological polar surface area (TPSA) is 68.5 Å². The zero-order chi connectivity index (χ0) is 16.1. The zero-order valence-corrected chi connectivity index (χ0v) is 12.5. The molecule has 1 amide bonds. The Hall–Kier alpha value is -2.47. The Morgan fingerprint density at radius 2 is 2.14 bits per heavy atom. The minimum atomic E-state index is -0.528. The summed E-state index contributed by atoms with van der Waals surface area (Å²) in [7, 11) is 1.29. The highest BCUT2D eigenvalue weighted by Crippen LogP contribution is 2.26. The van der Waals surface area contributed by atoms with E-state index in [9.17, 15) is 9.18 Å². The van der Waals surface area contributed by atoms with E-state index in [1.165, 1.54) is 18.1 Å². The lowest BCUT2D eigenvalue weighted by Gasteiger charge is -2.19. The van der Waals surface area contributed by atoms with Crippen molar-refractivity contribution < 1.29 is 13.9 Å². The molecule has 0 saturated carbocycles. The van der Waals surface area contributed by atoms with Crippen molar-refractivity contribution in [2.75, 3.05) is 18.6 Å². The van der Waals surface area contributed by atoms with Gasteiger partial charge in [-0.1, -0.05) is 6.07 Å². The van der Waals surface area contributed by atoms with Crippen LogP contribution in [0.1, 0.15) is 12.5 Å². The predicted molar refractivity (Wildman–Crippen MR) is 82.9 cm³/mol. The fourth-order valence-electron chi connectivity index (χ4n) is 2.11. The summed E-state index contributed by atoms with van der Waals surface area (Å²) in [6.07, 6.45) is 1.09. The summed E-state index contributed by atoms with van der Waals surface area (Å²) >= 11 is 0. The van der Waals surface area contributed by atoms with Gasteiger partial charge in [-0.05, 0) is 36.8 Å². The summed E-state index contributed by atoms with van der Waals surface area (Å²) in [4.78, 5) is 17.2. The fourth-order valence-corrected chi connectivity index (χ4v) is 2.11. The number of amides is 1. The molecule has 116 valence electrons. The van der Waals surface area contributed by atoms with Gasteiger partial charge in [0.15, 0.2) is 0 Å². The van der Waals surface area contributed by atoms with Gasteiger partial charge in [-0.3, -0.25) is 9.88 Å². The van der Waals surface area contributed by atoms with Crippen LogP contribution in [-0.2, 0) is 11.3 Å². The molecule has 0 unspecified atom stereocenters. The Bertz CT molecular complexity index is 659. The molecule has 2 N–H and O–H groups in total. The van der Waals surface area contributed by atoms with Gasteiger partial charge in [0.1, 0.15) is 5.82 Å². The van der Waals surface area contributed by atoms with E-state index in [0.29, 0.717) is 30.0 Å². The average Bonchev–Trinajstić information content (AvgIpc) is 2.55. The number of carbonyl (C=O) groups is 1. The number of carbonyl (C=O) groups excluding carboxylic acids is 1. The normalized spacial score (nSPS) is 10.4. The molecule has 2 aromatic rings. The lowest BCUT2D eigenvalue weighted by Crippen LogP contribution is -2.30. The molecule has 1 heterocycles. The number of nitrogens with two attached hydrogens (primary N) is 1. The third-order valence-electron chi connectivity index (χ3n) is 3.31. The summed E-state index contributed by atoms with van der Waals surface area (Å²) in [6, 6.07) is 8.09. The monoisotopic (exact) mass is 303 g/mol. The lowest BCUT2D eigenvalue weighted by atomic mass is 10.1. The summed E-state index contributed by atoms with van der Waals surface area (Å²) in [6.45, 7) is 2.56. The molecule has 0 fully saturated rings. The first-order chi connectivity index (χ1) is 10.6. The second-order valence-corrected chi connectivity index (χ2v) is 4.63. The van der Waals surface area contributed by atoms with Crippen LogP contribution in [-0.4, -0.2) is 24.7 Å². The molecule has 0 aliphatic heterocycles. The molecule has 0 saturated heterocycles. The largest absolute Gasteiger partial charge is 0.452 e. The molecule has 0 radical (unpaired) electrons. The SMILES string of the molecule is CCN(C(=O)OC)c1ccc(-c2ccc(CN)cn2)c(F)c1. The van der Waals surface area contributed by atoms with E-state index in [1.54, 1.807) is 31.3 Å². The van der Waals surface area contributed by atoms with E-state index < -0.39 is 11.9 Å². The Kier molecular flexibility index (Phi) is 5.06. The Balaban J connectivity index is 2.34. The number of rotatable bonds is 4. The maximum atomic E-state index is 14.3. The Morgan fingerprint density at radius 1 is 1.36 bits per heavy atom. The quantitative estimate of drug-likeness (QED) is 0.943. The maximum Gasteiger partial charge on any atom is 0.413 e. The second kappa shape index (κ2) is 7.00. The number of methoxy groups -OCH3 is 1. The number of hydrogen-bond acceptors (Lipinski definition) is 4. The summed E-state index contributed by atoms with van der Waals surface area (Å²) < 4.78 is 19.0. The van der Waals surface area contributed by atoms with Crippen LogP contribution in [0.3, 0.4) is 0 Å². The number of halogens is 1. The molecule has 0 aliphatic carbocycles. The van der Waals surface area contributed by atoms with Crippen LogP contribution in [0.4, 0.5) is 14.9 Å². The molecule has 1 aromatic carbocycles. The van der Waals surface area contributed by atoms with Gasteiger partial charge in [0.25, 0.3) is 0 Å². The summed E-state index contributed by atoms with van der Waals surface area (Å²) in [5, 5.41) is 0. The minimum absolute atomic E-state index is 0.369. The predicted octanol–water partition coefficient (Wildman–Crippen LogP) is 2.94. The van der Waals surface area contributed by atoms with Crippen molar-refractivity contribution in [3.05, 3.63) is 47.9 Å². The van der Waals surface area contributed by atoms with E-state index in [0.717, 1.165) is 5.56 Å². The third-order valence-corrected chi connectivity index (χ3v) is 3.31. The van der Waals surface area contributed by atoms with Crippen molar-refractivity contribution in [2.45, 2.75) is 13.5 Å². The fraction of sp³-hybridized carbons (Fsp3) is 0.250. The number of ether oxygens (including phenoxy) is 1. The molecule has 0 aliphatic rings. The van der Waals surface area contributed by atoms with E-state index in [1.807, 2.05) is 6.07 Å². The highest BCUT2D eigenvalue weighted by Gasteiger charge is 2.16. The molecule has 22 heavy (non-hydrogen) atoms. The summed E-state index contributed by atoms with van der Waals surface area (Å²) in [5.74, 6) is -0.451. The van der Waals surface area contributed by atoms with Crippen LogP contribution in [0, 0.1) is 5.82 Å². The van der Waals surface area contributed by atoms with Crippen LogP contribution < -0.4 is 10.6 Å². The Morgan fingerprint density at radius 3 is 2.64 bits per heavy atom. The van der Waals surface area contributed by atoms with Crippen LogP contribution >= 0.6 is 0 Å². The maximum absolute atomic E-state index is 14.3. The lowest BCUT2D eigenvalue weighted by molar-refractivity contribution is 0.179. The molecule has 2 rings (SSSR count). The van der Waals surface area contributed by atoms with Crippen LogP contribution in [0.15, 0.2) is 36.5 Å². The average molecular weight is 303 g/mol. The van der Waals surface area contributed by atoms with Crippen molar-refractivity contribution in [2.24, 2.45) is 5.73 Å². The standard InChI is InChI=1S/C16H18FN3O2/c1-3-20(16(21)22-2)12-5-6-13(14(17)8-12)15-7-4-11(9-18)10-19-15/h4-8,10H,3,9,18H2,1-2H3. The smallest absolute Gasteiger partial charge is 0.413 e. The van der Waals surface area contributed by atoms with E-state index in [4.69, 9.17) is 5.73 Å². The first kappa shape index (κ1) is 15.9. The van der Waals surface area contributed by atoms with Crippen LogP contribution in [0.25, 0.3) is 11.3 Å². The van der Waals surface area contributed by atoms with Gasteiger partial charge in [0.2, 0.25) is 0 Å². The van der Waals surface area contributed by atoms with Gasteiger partial charge in [-0.2, -0.15) is 0 Å². The molecule has 6 heteroatoms. The first-order valence-corrected chi connectivity index (χ1v) is 6.91. The molecule has 0 atom stereocenters. The molecule has 1 aromatic heterocycles. The van der Waals surface area contributed by atoms with E-state index in [-0.39, 0.29) is 0 Å². The van der Waals surface area contributed by atoms with Crippen molar-refractivity contribution in [1.82, 2.24) is 4.98 Å². The van der Waals surface area contributed by atoms with Crippen molar-refractivity contribution in [3.63, 3.8) is 0 Å².